The number of halogens is 2. The minimum Gasteiger partial charge on any atom is -0.550 e. The van der Waals surface area contributed by atoms with Crippen molar-refractivity contribution in [3.05, 3.63) is 24.5 Å². The molecule has 1 heterocycles. The van der Waals surface area contributed by atoms with Gasteiger partial charge in [0.1, 0.15) is 6.10 Å². The van der Waals surface area contributed by atoms with Crippen molar-refractivity contribution in [3.8, 4) is 11.8 Å². The second kappa shape index (κ2) is 11.6. The van der Waals surface area contributed by atoms with Crippen LogP contribution in [0.15, 0.2) is 24.5 Å². The van der Waals surface area contributed by atoms with Gasteiger partial charge in [0.05, 0.1) is 18.1 Å². The smallest absolute Gasteiger partial charge is 0.550 e. The number of unbranched alkanes of at least 4 members (excludes halogenated alkanes) is 1. The van der Waals surface area contributed by atoms with Crippen LogP contribution >= 0.6 is 0 Å². The molecule has 0 radical (unpaired) electrons. The van der Waals surface area contributed by atoms with E-state index >= 15 is 8.78 Å². The van der Waals surface area contributed by atoms with E-state index < -0.39 is 59.6 Å². The van der Waals surface area contributed by atoms with Crippen LogP contribution in [0.3, 0.4) is 0 Å². The molecule has 0 aromatic carbocycles. The fourth-order valence-corrected chi connectivity index (χ4v) is 4.38. The zero-order chi connectivity index (χ0) is 21.8. The standard InChI is InChI=1S/C22H30F2O5.Na/c1-4-6-9-14(13(3)15(25)5-2)20-16(26)12-17-21(20)22(23,24)18(29-17)10-7-8-11-19(27)28;/h5,10,13-17,20-21,25-26H,2,4,7-8,11-12H2,1,3H3,(H,27,28);/q;+1/p-1/t13?,14?,15-,16-,17+,20+,21+;/m1./s1. The van der Waals surface area contributed by atoms with E-state index in [2.05, 4.69) is 18.4 Å². The number of carbonyl (C=O) groups excluding carboxylic acids is 1. The topological polar surface area (TPSA) is 89.8 Å². The second-order valence-corrected chi connectivity index (χ2v) is 7.80. The number of carboxylic acids is 1. The summed E-state index contributed by atoms with van der Waals surface area (Å²) in [7, 11) is 0. The van der Waals surface area contributed by atoms with Crippen LogP contribution in [0.2, 0.25) is 0 Å². The first-order valence-corrected chi connectivity index (χ1v) is 10.1. The van der Waals surface area contributed by atoms with Gasteiger partial charge in [0, 0.05) is 30.6 Å². The second-order valence-electron chi connectivity index (χ2n) is 7.80. The number of carboxylic acid groups (broad SMARTS) is 1. The first-order valence-electron chi connectivity index (χ1n) is 10.1. The minimum atomic E-state index is -3.31. The summed E-state index contributed by atoms with van der Waals surface area (Å²) in [5.74, 6) is -2.38. The van der Waals surface area contributed by atoms with Gasteiger partial charge in [-0.05, 0) is 31.3 Å². The Balaban J connectivity index is 0.00000450. The van der Waals surface area contributed by atoms with E-state index in [-0.39, 0.29) is 55.2 Å². The third-order valence-corrected chi connectivity index (χ3v) is 5.88. The first-order chi connectivity index (χ1) is 13.6. The van der Waals surface area contributed by atoms with Crippen LogP contribution in [-0.2, 0) is 9.53 Å². The van der Waals surface area contributed by atoms with Crippen molar-refractivity contribution in [1.82, 2.24) is 0 Å². The predicted molar refractivity (Wildman–Crippen MR) is 101 cm³/mol. The zero-order valence-electron chi connectivity index (χ0n) is 17.8. The number of ether oxygens (including phenoxy) is 1. The van der Waals surface area contributed by atoms with E-state index in [1.165, 1.54) is 12.2 Å². The normalized spacial score (nSPS) is 30.8. The van der Waals surface area contributed by atoms with E-state index in [0.29, 0.717) is 6.42 Å². The van der Waals surface area contributed by atoms with E-state index in [9.17, 15) is 20.1 Å². The minimum absolute atomic E-state index is 0. The van der Waals surface area contributed by atoms with Gasteiger partial charge in [-0.3, -0.25) is 0 Å². The number of aliphatic hydroxyl groups excluding tert-OH is 2. The fourth-order valence-electron chi connectivity index (χ4n) is 4.38. The average molecular weight is 434 g/mol. The molecule has 162 valence electrons. The molecule has 2 fully saturated rings. The molecule has 0 spiro atoms. The molecule has 0 aromatic heterocycles. The van der Waals surface area contributed by atoms with Crippen LogP contribution in [-0.4, -0.2) is 40.4 Å². The van der Waals surface area contributed by atoms with Crippen molar-refractivity contribution in [3.63, 3.8) is 0 Å². The Morgan fingerprint density at radius 1 is 1.50 bits per heavy atom. The molecule has 0 aromatic rings. The number of fused-ring (bicyclic) bond motifs is 1. The molecule has 1 aliphatic heterocycles. The van der Waals surface area contributed by atoms with Gasteiger partial charge in [-0.15, -0.1) is 12.5 Å². The van der Waals surface area contributed by atoms with Crippen LogP contribution in [0.25, 0.3) is 0 Å². The first kappa shape index (κ1) is 27.1. The summed E-state index contributed by atoms with van der Waals surface area (Å²) in [5.41, 5.74) is 0. The molecule has 0 bridgehead atoms. The Bertz CT molecular complexity index is 699. The van der Waals surface area contributed by atoms with Crippen molar-refractivity contribution < 1.29 is 63.2 Å². The Labute approximate surface area is 198 Å². The Hall–Kier alpha value is -0.910. The van der Waals surface area contributed by atoms with Gasteiger partial charge < -0.3 is 24.9 Å². The van der Waals surface area contributed by atoms with Crippen LogP contribution in [0.5, 0.6) is 0 Å². The number of carbonyl (C=O) groups is 1. The molecule has 30 heavy (non-hydrogen) atoms. The summed E-state index contributed by atoms with van der Waals surface area (Å²) in [6.45, 7) is 7.12. The van der Waals surface area contributed by atoms with Crippen LogP contribution in [0.1, 0.15) is 46.0 Å². The molecule has 1 saturated carbocycles. The van der Waals surface area contributed by atoms with Gasteiger partial charge in [-0.2, -0.15) is 8.78 Å². The molecule has 7 atom stereocenters. The largest absolute Gasteiger partial charge is 1.00 e. The van der Waals surface area contributed by atoms with E-state index in [1.807, 2.05) is 6.92 Å². The predicted octanol–water partition coefficient (Wildman–Crippen LogP) is -0.962. The van der Waals surface area contributed by atoms with Gasteiger partial charge >= 0.3 is 35.5 Å². The van der Waals surface area contributed by atoms with Gasteiger partial charge in [-0.1, -0.05) is 25.8 Å². The molecule has 1 saturated heterocycles. The van der Waals surface area contributed by atoms with Gasteiger partial charge in [0.25, 0.3) is 0 Å². The number of alkyl halides is 2. The maximum absolute atomic E-state index is 15.2. The van der Waals surface area contributed by atoms with Gasteiger partial charge in [0.2, 0.25) is 0 Å². The molecule has 5 nitrogen and oxygen atoms in total. The van der Waals surface area contributed by atoms with E-state index in [1.54, 1.807) is 6.92 Å². The van der Waals surface area contributed by atoms with Crippen LogP contribution in [0.4, 0.5) is 8.78 Å². The molecule has 2 rings (SSSR count). The van der Waals surface area contributed by atoms with Crippen molar-refractivity contribution in [2.75, 3.05) is 0 Å². The number of hydrogen-bond acceptors (Lipinski definition) is 5. The Kier molecular flexibility index (Phi) is 10.5. The molecule has 8 heteroatoms. The summed E-state index contributed by atoms with van der Waals surface area (Å²) in [6, 6.07) is 0. The van der Waals surface area contributed by atoms with Gasteiger partial charge in [-0.25, -0.2) is 0 Å². The number of hydrogen-bond donors (Lipinski definition) is 2. The summed E-state index contributed by atoms with van der Waals surface area (Å²) < 4.78 is 36.0. The summed E-state index contributed by atoms with van der Waals surface area (Å²) in [6.07, 6.45) is 0.458. The molecular weight excluding hydrogens is 405 g/mol. The third kappa shape index (κ3) is 5.86. The van der Waals surface area contributed by atoms with Crippen LogP contribution in [0, 0.1) is 35.5 Å². The molecule has 2 N–H and O–H groups in total. The average Bonchev–Trinajstić information content (AvgIpc) is 3.11. The summed E-state index contributed by atoms with van der Waals surface area (Å²) in [4.78, 5) is 10.5. The zero-order valence-corrected chi connectivity index (χ0v) is 19.8. The maximum Gasteiger partial charge on any atom is 1.00 e. The number of allylic oxidation sites excluding steroid dienone is 2. The van der Waals surface area contributed by atoms with Crippen molar-refractivity contribution >= 4 is 5.97 Å². The third-order valence-electron chi connectivity index (χ3n) is 5.88. The monoisotopic (exact) mass is 434 g/mol. The molecule has 1 aliphatic carbocycles. The van der Waals surface area contributed by atoms with Gasteiger partial charge in [0.15, 0.2) is 5.76 Å². The van der Waals surface area contributed by atoms with Crippen molar-refractivity contribution in [2.45, 2.75) is 70.2 Å². The molecule has 0 amide bonds. The Morgan fingerprint density at radius 2 is 2.17 bits per heavy atom. The molecule has 2 unspecified atom stereocenters. The molecule has 2 aliphatic rings. The Morgan fingerprint density at radius 3 is 2.73 bits per heavy atom. The van der Waals surface area contributed by atoms with Crippen LogP contribution < -0.4 is 34.7 Å². The number of rotatable bonds is 8. The van der Waals surface area contributed by atoms with Crippen molar-refractivity contribution in [2.24, 2.45) is 23.7 Å². The maximum atomic E-state index is 15.2. The summed E-state index contributed by atoms with van der Waals surface area (Å²) >= 11 is 0. The molecular formula is C22H29F2NaO5. The van der Waals surface area contributed by atoms with E-state index in [4.69, 9.17) is 4.74 Å². The quantitative estimate of drug-likeness (QED) is 0.222. The van der Waals surface area contributed by atoms with E-state index in [0.717, 1.165) is 0 Å². The van der Waals surface area contributed by atoms with Crippen molar-refractivity contribution in [1.29, 1.82) is 0 Å². The number of aliphatic hydroxyl groups is 2. The SMILES string of the molecule is C=C[C@@H](O)C(C)C(C#CCC)[C@@H]1[C@@H]2[C@H](C[C@H]1O)OC(=CCCCC(=O)[O-])C2(F)F.[Na+]. The summed E-state index contributed by atoms with van der Waals surface area (Å²) in [5, 5.41) is 31.3. The number of aliphatic carboxylic acids is 1. The fraction of sp³-hybridized carbons (Fsp3) is 0.682.